The number of benzene rings is 7. The van der Waals surface area contributed by atoms with Gasteiger partial charge >= 0.3 is 0 Å². The van der Waals surface area contributed by atoms with Crippen molar-refractivity contribution in [2.75, 3.05) is 0 Å². The molecule has 4 heteroatoms. The first kappa shape index (κ1) is 42.3. The molecule has 1 radical (unpaired) electrons. The molecule has 0 bridgehead atoms. The van der Waals surface area contributed by atoms with Gasteiger partial charge in [0.05, 0.1) is 11.0 Å². The second-order valence-corrected chi connectivity index (χ2v) is 17.6. The molecular formula is C61H49IrN3-2. The third-order valence-corrected chi connectivity index (χ3v) is 13.9. The van der Waals surface area contributed by atoms with E-state index in [1.165, 1.54) is 72.0 Å². The number of rotatable bonds is 8. The maximum absolute atomic E-state index is 4.63. The van der Waals surface area contributed by atoms with Crippen molar-refractivity contribution in [1.29, 1.82) is 0 Å². The molecule has 3 aromatic heterocycles. The van der Waals surface area contributed by atoms with E-state index in [2.05, 4.69) is 180 Å². The smallest absolute Gasteiger partial charge is 0.0541 e. The van der Waals surface area contributed by atoms with Gasteiger partial charge in [-0.1, -0.05) is 129 Å². The average Bonchev–Trinajstić information content (AvgIpc) is 4.01. The molecule has 0 N–H and O–H groups in total. The zero-order valence-electron chi connectivity index (χ0n) is 36.7. The Balaban J connectivity index is 0.000000332. The number of aromatic nitrogens is 3. The Bertz CT molecular complexity index is 3160. The third-order valence-electron chi connectivity index (χ3n) is 13.9. The molecule has 1 spiro atoms. The Labute approximate surface area is 396 Å². The largest absolute Gasteiger partial charge is 0.309 e. The minimum absolute atomic E-state index is 0. The van der Waals surface area contributed by atoms with E-state index in [9.17, 15) is 0 Å². The molecule has 2 aliphatic carbocycles. The van der Waals surface area contributed by atoms with Gasteiger partial charge in [0.2, 0.25) is 0 Å². The predicted molar refractivity (Wildman–Crippen MR) is 264 cm³/mol. The first-order chi connectivity index (χ1) is 31.6. The summed E-state index contributed by atoms with van der Waals surface area (Å²) in [6, 6.07) is 74.5. The maximum Gasteiger partial charge on any atom is 0.0541 e. The molecule has 7 aromatic carbocycles. The van der Waals surface area contributed by atoms with Crippen molar-refractivity contribution in [3.63, 3.8) is 0 Å². The van der Waals surface area contributed by atoms with Crippen LogP contribution in [-0.4, -0.2) is 14.5 Å². The van der Waals surface area contributed by atoms with Gasteiger partial charge in [0.25, 0.3) is 0 Å². The molecule has 0 saturated heterocycles. The second kappa shape index (κ2) is 18.0. The van der Waals surface area contributed by atoms with Crippen LogP contribution >= 0.6 is 0 Å². The van der Waals surface area contributed by atoms with Gasteiger partial charge in [-0.2, -0.15) is 0 Å². The molecule has 12 rings (SSSR count). The SMILES string of the molecule is CCC(CC(C)c1ccc(-n2c3ccccc3c3ccccc32)cc1)c1ccc2c(c1)C1(Cc3c[c-]c(-c4ccccn4)cc3C1)c1ccccc1-2.[Ir].[c-]1ccccc1-c1ccccn1. The molecule has 0 fully saturated rings. The topological polar surface area (TPSA) is 30.7 Å². The van der Waals surface area contributed by atoms with Gasteiger partial charge in [0.1, 0.15) is 0 Å². The van der Waals surface area contributed by atoms with Crippen molar-refractivity contribution in [3.05, 3.63) is 246 Å². The zero-order valence-corrected chi connectivity index (χ0v) is 39.1. The number of nitrogens with zero attached hydrogens (tertiary/aromatic N) is 3. The summed E-state index contributed by atoms with van der Waals surface area (Å²) in [6.07, 6.45) is 7.92. The molecule has 3 atom stereocenters. The summed E-state index contributed by atoms with van der Waals surface area (Å²) >= 11 is 0. The molecule has 3 unspecified atom stereocenters. The Kier molecular flexibility index (Phi) is 11.7. The van der Waals surface area contributed by atoms with Crippen molar-refractivity contribution in [2.24, 2.45) is 0 Å². The molecule has 65 heavy (non-hydrogen) atoms. The van der Waals surface area contributed by atoms with Crippen molar-refractivity contribution in [1.82, 2.24) is 14.5 Å². The van der Waals surface area contributed by atoms with Crippen LogP contribution < -0.4 is 0 Å². The van der Waals surface area contributed by atoms with Crippen molar-refractivity contribution in [2.45, 2.75) is 56.8 Å². The van der Waals surface area contributed by atoms with E-state index in [0.717, 1.165) is 48.2 Å². The van der Waals surface area contributed by atoms with Gasteiger partial charge in [-0.3, -0.25) is 0 Å². The Morgan fingerprint density at radius 1 is 0.569 bits per heavy atom. The summed E-state index contributed by atoms with van der Waals surface area (Å²) in [4.78, 5) is 8.84. The monoisotopic (exact) mass is 1020 g/mol. The van der Waals surface area contributed by atoms with Crippen molar-refractivity contribution < 1.29 is 20.1 Å². The molecule has 0 aliphatic heterocycles. The summed E-state index contributed by atoms with van der Waals surface area (Å²) in [5.41, 5.74) is 19.3. The zero-order chi connectivity index (χ0) is 43.0. The predicted octanol–water partition coefficient (Wildman–Crippen LogP) is 14.9. The van der Waals surface area contributed by atoms with E-state index in [1.807, 2.05) is 54.7 Å². The number of hydrogen-bond donors (Lipinski definition) is 0. The van der Waals surface area contributed by atoms with Gasteiger partial charge in [-0.15, -0.1) is 70.8 Å². The number of fused-ring (bicyclic) bond motifs is 9. The van der Waals surface area contributed by atoms with Crippen LogP contribution in [0.2, 0.25) is 0 Å². The van der Waals surface area contributed by atoms with E-state index in [-0.39, 0.29) is 25.5 Å². The van der Waals surface area contributed by atoms with E-state index < -0.39 is 0 Å². The van der Waals surface area contributed by atoms with Crippen molar-refractivity contribution >= 4 is 21.8 Å². The first-order valence-corrected chi connectivity index (χ1v) is 22.7. The van der Waals surface area contributed by atoms with Gasteiger partial charge in [-0.25, -0.2) is 0 Å². The van der Waals surface area contributed by atoms with Gasteiger partial charge in [-0.05, 0) is 119 Å². The van der Waals surface area contributed by atoms with E-state index in [1.54, 1.807) is 6.20 Å². The molecule has 0 amide bonds. The van der Waals surface area contributed by atoms with Gasteiger partial charge in [0.15, 0.2) is 0 Å². The van der Waals surface area contributed by atoms with E-state index in [0.29, 0.717) is 11.8 Å². The average molecular weight is 1020 g/mol. The summed E-state index contributed by atoms with van der Waals surface area (Å²) in [6.45, 7) is 4.77. The number of pyridine rings is 2. The molecule has 3 nitrogen and oxygen atoms in total. The second-order valence-electron chi connectivity index (χ2n) is 17.6. The number of para-hydroxylation sites is 2. The standard InChI is InChI=1S/C50H41N2.C11H8N.Ir/c1-3-34(28-33(2)35-21-24-40(25-22-35)52-48-17-8-5-13-43(48)44-14-6-9-18-49(44)52)36-23-26-42-41-12-4-7-15-45(41)50(46(42)30-36)31-38-20-19-37(29-39(38)32-50)47-16-10-11-27-51-47;1-2-6-10(7-3-1)11-8-4-5-9-12-11;/h4-18,20-27,29-30,33-34H,3,28,31-32H2,1-2H3;1-6,8-9H;/q2*-1;. The molecule has 3 heterocycles. The van der Waals surface area contributed by atoms with Crippen LogP contribution in [0.25, 0.3) is 61.1 Å². The van der Waals surface area contributed by atoms with Crippen LogP contribution in [0.1, 0.15) is 71.9 Å². The van der Waals surface area contributed by atoms with Gasteiger partial charge in [0, 0.05) is 54.4 Å². The summed E-state index contributed by atoms with van der Waals surface area (Å²) in [7, 11) is 0. The summed E-state index contributed by atoms with van der Waals surface area (Å²) in [5.74, 6) is 0.916. The van der Waals surface area contributed by atoms with Crippen LogP contribution in [-0.2, 0) is 38.4 Å². The van der Waals surface area contributed by atoms with Crippen molar-refractivity contribution in [3.8, 4) is 39.3 Å². The molecule has 0 saturated carbocycles. The Hall–Kier alpha value is -6.71. The third kappa shape index (κ3) is 7.75. The minimum Gasteiger partial charge on any atom is -0.309 e. The van der Waals surface area contributed by atoms with E-state index >= 15 is 0 Å². The fraction of sp³-hybridized carbons (Fsp3) is 0.148. The summed E-state index contributed by atoms with van der Waals surface area (Å²) < 4.78 is 2.41. The Morgan fingerprint density at radius 3 is 1.86 bits per heavy atom. The van der Waals surface area contributed by atoms with Gasteiger partial charge < -0.3 is 14.5 Å². The van der Waals surface area contributed by atoms with Crippen LogP contribution in [0.5, 0.6) is 0 Å². The first-order valence-electron chi connectivity index (χ1n) is 22.7. The fourth-order valence-electron chi connectivity index (χ4n) is 10.7. The maximum atomic E-state index is 4.63. The quantitative estimate of drug-likeness (QED) is 0.142. The fourth-order valence-corrected chi connectivity index (χ4v) is 10.7. The van der Waals surface area contributed by atoms with Crippen LogP contribution in [0.15, 0.2) is 200 Å². The van der Waals surface area contributed by atoms with Crippen LogP contribution in [0.4, 0.5) is 0 Å². The normalized spacial score (nSPS) is 15.4. The van der Waals surface area contributed by atoms with Crippen LogP contribution in [0.3, 0.4) is 0 Å². The Morgan fingerprint density at radius 2 is 1.18 bits per heavy atom. The number of hydrogen-bond acceptors (Lipinski definition) is 2. The van der Waals surface area contributed by atoms with E-state index in [4.69, 9.17) is 0 Å². The molecule has 10 aromatic rings. The minimum atomic E-state index is -0.0482. The molecule has 2 aliphatic rings. The van der Waals surface area contributed by atoms with Crippen LogP contribution in [0, 0.1) is 12.1 Å². The molecule has 319 valence electrons. The summed E-state index contributed by atoms with van der Waals surface area (Å²) in [5, 5.41) is 2.60. The molecular weight excluding hydrogens is 967 g/mol.